The number of anilines is 1. The van der Waals surface area contributed by atoms with Crippen molar-refractivity contribution in [3.05, 3.63) is 86.9 Å². The Hall–Kier alpha value is -2.94. The molecule has 0 saturated heterocycles. The van der Waals surface area contributed by atoms with Gasteiger partial charge in [0.1, 0.15) is 5.82 Å². The monoisotopic (exact) mass is 503 g/mol. The van der Waals surface area contributed by atoms with Crippen LogP contribution in [-0.4, -0.2) is 45.7 Å². The number of rotatable bonds is 7. The van der Waals surface area contributed by atoms with Gasteiger partial charge in [-0.25, -0.2) is 19.2 Å². The molecule has 34 heavy (non-hydrogen) atoms. The molecule has 0 radical (unpaired) electrons. The van der Waals surface area contributed by atoms with E-state index in [1.165, 1.54) is 18.2 Å². The molecule has 0 bridgehead atoms. The maximum absolute atomic E-state index is 13.5. The van der Waals surface area contributed by atoms with Gasteiger partial charge in [0.2, 0.25) is 5.95 Å². The molecule has 3 aromatic rings. The van der Waals surface area contributed by atoms with Crippen LogP contribution in [0.5, 0.6) is 0 Å². The number of hydrogen-bond acceptors (Lipinski definition) is 5. The summed E-state index contributed by atoms with van der Waals surface area (Å²) in [6.07, 6.45) is 3.18. The first-order chi connectivity index (χ1) is 16.4. The fourth-order valence-electron chi connectivity index (χ4n) is 3.78. The fourth-order valence-corrected chi connectivity index (χ4v) is 4.18. The SMILES string of the molecule is O=C(NC(CO)c1ccc(F)c(Cl)c1)N1CCc2cnc(NCCc3cccc(Cl)c3)nc2C1. The van der Waals surface area contributed by atoms with Gasteiger partial charge in [-0.15, -0.1) is 0 Å². The van der Waals surface area contributed by atoms with E-state index in [1.807, 2.05) is 24.3 Å². The van der Waals surface area contributed by atoms with Gasteiger partial charge in [0.05, 0.1) is 29.9 Å². The molecule has 0 saturated carbocycles. The summed E-state index contributed by atoms with van der Waals surface area (Å²) in [6, 6.07) is 10.7. The second-order valence-corrected chi connectivity index (χ2v) is 8.85. The lowest BCUT2D eigenvalue weighted by Gasteiger charge is -2.30. The van der Waals surface area contributed by atoms with Gasteiger partial charge in [0.25, 0.3) is 0 Å². The molecular weight excluding hydrogens is 480 g/mol. The number of urea groups is 1. The Morgan fingerprint density at radius 3 is 2.85 bits per heavy atom. The standard InChI is InChI=1S/C24H24Cl2FN5O2/c25-18-3-1-2-15(10-18)6-8-28-23-29-12-17-7-9-32(13-21(17)30-23)24(34)31-22(14-33)16-4-5-20(27)19(26)11-16/h1-5,10-12,22,33H,6-9,13-14H2,(H,31,34)(H,28,29,30). The van der Waals surface area contributed by atoms with Crippen molar-refractivity contribution in [3.8, 4) is 0 Å². The zero-order chi connectivity index (χ0) is 24.1. The number of halogens is 3. The molecule has 0 fully saturated rings. The Morgan fingerprint density at radius 1 is 1.24 bits per heavy atom. The number of carbonyl (C=O) groups excluding carboxylic acids is 1. The van der Waals surface area contributed by atoms with Crippen molar-refractivity contribution in [1.29, 1.82) is 0 Å². The topological polar surface area (TPSA) is 90.4 Å². The molecule has 4 rings (SSSR count). The number of nitrogens with one attached hydrogen (secondary N) is 2. The second kappa shape index (κ2) is 11.0. The molecular formula is C24H24Cl2FN5O2. The smallest absolute Gasteiger partial charge is 0.318 e. The molecule has 1 unspecified atom stereocenters. The molecule has 2 aromatic carbocycles. The van der Waals surface area contributed by atoms with Crippen LogP contribution < -0.4 is 10.6 Å². The lowest BCUT2D eigenvalue weighted by atomic mass is 10.1. The molecule has 2 heterocycles. The quantitative estimate of drug-likeness (QED) is 0.445. The average Bonchev–Trinajstić information content (AvgIpc) is 2.84. The summed E-state index contributed by atoms with van der Waals surface area (Å²) in [7, 11) is 0. The number of amides is 2. The summed E-state index contributed by atoms with van der Waals surface area (Å²) in [5.41, 5.74) is 3.40. The first kappa shape index (κ1) is 24.2. The summed E-state index contributed by atoms with van der Waals surface area (Å²) in [5, 5.41) is 16.4. The molecule has 2 amide bonds. The average molecular weight is 504 g/mol. The van der Waals surface area contributed by atoms with Crippen LogP contribution in [0, 0.1) is 5.82 Å². The van der Waals surface area contributed by atoms with Gasteiger partial charge in [0.15, 0.2) is 0 Å². The maximum atomic E-state index is 13.5. The lowest BCUT2D eigenvalue weighted by Crippen LogP contribution is -2.45. The summed E-state index contributed by atoms with van der Waals surface area (Å²) < 4.78 is 13.5. The number of fused-ring (bicyclic) bond motifs is 1. The van der Waals surface area contributed by atoms with Gasteiger partial charge >= 0.3 is 6.03 Å². The molecule has 3 N–H and O–H groups in total. The minimum absolute atomic E-state index is 0.0656. The van der Waals surface area contributed by atoms with Crippen molar-refractivity contribution in [1.82, 2.24) is 20.2 Å². The van der Waals surface area contributed by atoms with E-state index in [2.05, 4.69) is 20.6 Å². The van der Waals surface area contributed by atoms with Gasteiger partial charge in [-0.1, -0.05) is 41.4 Å². The molecule has 1 aromatic heterocycles. The predicted molar refractivity (Wildman–Crippen MR) is 130 cm³/mol. The van der Waals surface area contributed by atoms with Crippen LogP contribution in [0.15, 0.2) is 48.7 Å². The minimum Gasteiger partial charge on any atom is -0.394 e. The van der Waals surface area contributed by atoms with E-state index in [1.54, 1.807) is 11.1 Å². The highest BCUT2D eigenvalue weighted by Gasteiger charge is 2.25. The maximum Gasteiger partial charge on any atom is 0.318 e. The molecule has 0 spiro atoms. The Morgan fingerprint density at radius 2 is 2.09 bits per heavy atom. The van der Waals surface area contributed by atoms with Gasteiger partial charge in [-0.3, -0.25) is 0 Å². The van der Waals surface area contributed by atoms with Gasteiger partial charge in [-0.2, -0.15) is 0 Å². The highest BCUT2D eigenvalue weighted by molar-refractivity contribution is 6.31. The van der Waals surface area contributed by atoms with Crippen molar-refractivity contribution in [2.24, 2.45) is 0 Å². The van der Waals surface area contributed by atoms with Crippen molar-refractivity contribution < 1.29 is 14.3 Å². The Labute approximate surface area is 206 Å². The van der Waals surface area contributed by atoms with Crippen LogP contribution >= 0.6 is 23.2 Å². The highest BCUT2D eigenvalue weighted by Crippen LogP contribution is 2.22. The zero-order valence-corrected chi connectivity index (χ0v) is 19.8. The van der Waals surface area contributed by atoms with E-state index in [9.17, 15) is 14.3 Å². The number of aliphatic hydroxyl groups excluding tert-OH is 1. The molecule has 1 aliphatic heterocycles. The first-order valence-electron chi connectivity index (χ1n) is 10.9. The van der Waals surface area contributed by atoms with Crippen LogP contribution in [0.2, 0.25) is 10.0 Å². The van der Waals surface area contributed by atoms with Crippen molar-refractivity contribution in [3.63, 3.8) is 0 Å². The van der Waals surface area contributed by atoms with Crippen LogP contribution in [0.25, 0.3) is 0 Å². The molecule has 0 aliphatic carbocycles. The van der Waals surface area contributed by atoms with E-state index in [0.717, 1.165) is 23.2 Å². The van der Waals surface area contributed by atoms with Crippen molar-refractivity contribution >= 4 is 35.2 Å². The van der Waals surface area contributed by atoms with E-state index in [4.69, 9.17) is 23.2 Å². The third kappa shape index (κ3) is 5.94. The molecule has 10 heteroatoms. The van der Waals surface area contributed by atoms with Crippen LogP contribution in [0.1, 0.15) is 28.4 Å². The fraction of sp³-hybridized carbons (Fsp3) is 0.292. The summed E-state index contributed by atoms with van der Waals surface area (Å²) in [4.78, 5) is 23.5. The van der Waals surface area contributed by atoms with Crippen molar-refractivity contribution in [2.75, 3.05) is 25.0 Å². The van der Waals surface area contributed by atoms with Gasteiger partial charge in [-0.05, 0) is 53.8 Å². The number of nitrogens with zero attached hydrogens (tertiary/aromatic N) is 3. The number of carbonyl (C=O) groups is 1. The number of aromatic nitrogens is 2. The highest BCUT2D eigenvalue weighted by atomic mass is 35.5. The molecule has 7 nitrogen and oxygen atoms in total. The van der Waals surface area contributed by atoms with E-state index in [-0.39, 0.29) is 17.7 Å². The van der Waals surface area contributed by atoms with E-state index in [0.29, 0.717) is 42.6 Å². The third-order valence-electron chi connectivity index (χ3n) is 5.65. The Balaban J connectivity index is 1.36. The van der Waals surface area contributed by atoms with Gasteiger partial charge in [0, 0.05) is 24.3 Å². The largest absolute Gasteiger partial charge is 0.394 e. The molecule has 178 valence electrons. The van der Waals surface area contributed by atoms with Crippen LogP contribution in [0.3, 0.4) is 0 Å². The first-order valence-corrected chi connectivity index (χ1v) is 11.6. The Bertz CT molecular complexity index is 1180. The number of hydrogen-bond donors (Lipinski definition) is 3. The summed E-state index contributed by atoms with van der Waals surface area (Å²) >= 11 is 11.9. The van der Waals surface area contributed by atoms with E-state index >= 15 is 0 Å². The summed E-state index contributed by atoms with van der Waals surface area (Å²) in [5.74, 6) is -0.0602. The number of benzene rings is 2. The Kier molecular flexibility index (Phi) is 7.82. The number of aliphatic hydroxyl groups is 1. The van der Waals surface area contributed by atoms with Crippen molar-refractivity contribution in [2.45, 2.75) is 25.4 Å². The molecule has 1 atom stereocenters. The molecule has 1 aliphatic rings. The zero-order valence-electron chi connectivity index (χ0n) is 18.3. The summed E-state index contributed by atoms with van der Waals surface area (Å²) in [6.45, 7) is 1.10. The normalized spacial score (nSPS) is 13.8. The van der Waals surface area contributed by atoms with Crippen LogP contribution in [0.4, 0.5) is 15.1 Å². The predicted octanol–water partition coefficient (Wildman–Crippen LogP) is 4.38. The third-order valence-corrected chi connectivity index (χ3v) is 6.17. The van der Waals surface area contributed by atoms with Gasteiger partial charge < -0.3 is 20.6 Å². The second-order valence-electron chi connectivity index (χ2n) is 8.00. The van der Waals surface area contributed by atoms with E-state index < -0.39 is 11.9 Å². The van der Waals surface area contributed by atoms with Crippen LogP contribution in [-0.2, 0) is 19.4 Å². The lowest BCUT2D eigenvalue weighted by molar-refractivity contribution is 0.176. The minimum atomic E-state index is -0.707.